The summed E-state index contributed by atoms with van der Waals surface area (Å²) in [6.07, 6.45) is 1.36. The van der Waals surface area contributed by atoms with Gasteiger partial charge in [0, 0.05) is 26.8 Å². The van der Waals surface area contributed by atoms with Crippen molar-refractivity contribution in [1.29, 1.82) is 0 Å². The molecule has 5 heteroatoms. The van der Waals surface area contributed by atoms with Crippen molar-refractivity contribution >= 4 is 46.2 Å². The molecule has 2 nitrogen and oxygen atoms in total. The lowest BCUT2D eigenvalue weighted by molar-refractivity contribution is 0.322. The van der Waals surface area contributed by atoms with Crippen LogP contribution in [0.15, 0.2) is 33.8 Å². The van der Waals surface area contributed by atoms with E-state index in [0.717, 1.165) is 16.0 Å². The second-order valence-corrected chi connectivity index (χ2v) is 4.84. The van der Waals surface area contributed by atoms with E-state index in [4.69, 9.17) is 28.4 Å². The molecule has 1 N–H and O–H groups in total. The topological polar surface area (TPSA) is 32.6 Å². The number of thioether (sulfide) groups is 1. The number of halogens is 2. The summed E-state index contributed by atoms with van der Waals surface area (Å²) in [6, 6.07) is 5.59. The Hall–Kier alpha value is -0.640. The van der Waals surface area contributed by atoms with Gasteiger partial charge in [0.05, 0.1) is 11.2 Å². The molecule has 0 amide bonds. The molecule has 1 heterocycles. The number of benzene rings is 1. The molecule has 1 aliphatic rings. The summed E-state index contributed by atoms with van der Waals surface area (Å²) in [6.45, 7) is 0. The van der Waals surface area contributed by atoms with Crippen LogP contribution in [-0.4, -0.2) is 17.2 Å². The Bertz CT molecular complexity index is 457. The Morgan fingerprint density at radius 2 is 2.20 bits per heavy atom. The SMILES string of the molecule is O/N=C/C1=C(Cl)c2cc(Cl)ccc2SC1. The highest BCUT2D eigenvalue weighted by molar-refractivity contribution is 7.99. The molecule has 78 valence electrons. The van der Waals surface area contributed by atoms with Gasteiger partial charge in [-0.05, 0) is 18.2 Å². The number of hydrogen-bond acceptors (Lipinski definition) is 3. The maximum atomic E-state index is 8.48. The maximum Gasteiger partial charge on any atom is 0.0717 e. The standard InChI is InChI=1S/C10H7Cl2NOS/c11-7-1-2-9-8(3-7)10(12)6(4-13-14)5-15-9/h1-4,14H,5H2/b13-4+. The third-order valence-electron chi connectivity index (χ3n) is 2.06. The van der Waals surface area contributed by atoms with E-state index in [9.17, 15) is 0 Å². The highest BCUT2D eigenvalue weighted by atomic mass is 35.5. The molecule has 0 saturated carbocycles. The van der Waals surface area contributed by atoms with Crippen LogP contribution in [-0.2, 0) is 0 Å². The molecule has 15 heavy (non-hydrogen) atoms. The predicted molar refractivity (Wildman–Crippen MR) is 65.2 cm³/mol. The Morgan fingerprint density at radius 1 is 1.40 bits per heavy atom. The van der Waals surface area contributed by atoms with Gasteiger partial charge in [0.25, 0.3) is 0 Å². The van der Waals surface area contributed by atoms with E-state index >= 15 is 0 Å². The van der Waals surface area contributed by atoms with Crippen molar-refractivity contribution in [2.45, 2.75) is 4.90 Å². The molecule has 2 rings (SSSR count). The van der Waals surface area contributed by atoms with Gasteiger partial charge in [-0.25, -0.2) is 0 Å². The minimum atomic E-state index is 0.601. The zero-order valence-corrected chi connectivity index (χ0v) is 9.90. The number of fused-ring (bicyclic) bond motifs is 1. The molecule has 1 aromatic carbocycles. The summed E-state index contributed by atoms with van der Waals surface area (Å²) in [5, 5.41) is 12.7. The van der Waals surface area contributed by atoms with Crippen molar-refractivity contribution in [3.63, 3.8) is 0 Å². The molecule has 0 spiro atoms. The van der Waals surface area contributed by atoms with Crippen molar-refractivity contribution in [3.05, 3.63) is 34.4 Å². The van der Waals surface area contributed by atoms with Gasteiger partial charge in [-0.1, -0.05) is 28.4 Å². The Balaban J connectivity index is 2.54. The van der Waals surface area contributed by atoms with Crippen molar-refractivity contribution < 1.29 is 5.21 Å². The van der Waals surface area contributed by atoms with Gasteiger partial charge >= 0.3 is 0 Å². The lowest BCUT2D eigenvalue weighted by atomic mass is 10.1. The van der Waals surface area contributed by atoms with Gasteiger partial charge in [0.1, 0.15) is 0 Å². The number of oxime groups is 1. The fourth-order valence-corrected chi connectivity index (χ4v) is 2.95. The van der Waals surface area contributed by atoms with Crippen molar-refractivity contribution in [3.8, 4) is 0 Å². The summed E-state index contributed by atoms with van der Waals surface area (Å²) in [5.74, 6) is 0.706. The van der Waals surface area contributed by atoms with Gasteiger partial charge in [-0.15, -0.1) is 11.8 Å². The van der Waals surface area contributed by atoms with Gasteiger partial charge in [0.2, 0.25) is 0 Å². The minimum Gasteiger partial charge on any atom is -0.411 e. The van der Waals surface area contributed by atoms with Gasteiger partial charge < -0.3 is 5.21 Å². The zero-order valence-electron chi connectivity index (χ0n) is 7.58. The Kier molecular flexibility index (Phi) is 3.24. The maximum absolute atomic E-state index is 8.48. The van der Waals surface area contributed by atoms with Crippen molar-refractivity contribution in [2.24, 2.45) is 5.16 Å². The molecule has 0 bridgehead atoms. The molecule has 0 unspecified atom stereocenters. The van der Waals surface area contributed by atoms with E-state index in [1.807, 2.05) is 18.2 Å². The zero-order chi connectivity index (χ0) is 10.8. The Morgan fingerprint density at radius 3 is 2.93 bits per heavy atom. The van der Waals surface area contributed by atoms with Crippen LogP contribution in [0.4, 0.5) is 0 Å². The molecule has 0 radical (unpaired) electrons. The van der Waals surface area contributed by atoms with Gasteiger partial charge in [0.15, 0.2) is 0 Å². The highest BCUT2D eigenvalue weighted by Gasteiger charge is 2.17. The van der Waals surface area contributed by atoms with E-state index in [2.05, 4.69) is 5.16 Å². The average Bonchev–Trinajstić information content (AvgIpc) is 2.23. The third kappa shape index (κ3) is 2.14. The number of hydrogen-bond donors (Lipinski definition) is 1. The monoisotopic (exact) mass is 259 g/mol. The molecule has 0 aromatic heterocycles. The summed E-state index contributed by atoms with van der Waals surface area (Å²) < 4.78 is 0. The summed E-state index contributed by atoms with van der Waals surface area (Å²) in [7, 11) is 0. The van der Waals surface area contributed by atoms with Crippen molar-refractivity contribution in [1.82, 2.24) is 0 Å². The van der Waals surface area contributed by atoms with Crippen LogP contribution >= 0.6 is 35.0 Å². The fraction of sp³-hybridized carbons (Fsp3) is 0.100. The summed E-state index contributed by atoms with van der Waals surface area (Å²) in [5.41, 5.74) is 1.70. The van der Waals surface area contributed by atoms with E-state index in [1.54, 1.807) is 11.8 Å². The van der Waals surface area contributed by atoms with Crippen LogP contribution in [0.1, 0.15) is 5.56 Å². The van der Waals surface area contributed by atoms with Crippen LogP contribution in [0.3, 0.4) is 0 Å². The number of nitrogens with zero attached hydrogens (tertiary/aromatic N) is 1. The first kappa shape index (κ1) is 10.9. The summed E-state index contributed by atoms with van der Waals surface area (Å²) in [4.78, 5) is 1.10. The molecular formula is C10H7Cl2NOS. The van der Waals surface area contributed by atoms with E-state index < -0.39 is 0 Å². The quantitative estimate of drug-likeness (QED) is 0.472. The lowest BCUT2D eigenvalue weighted by Gasteiger charge is -2.16. The van der Waals surface area contributed by atoms with Crippen LogP contribution in [0, 0.1) is 0 Å². The first-order valence-corrected chi connectivity index (χ1v) is 5.95. The van der Waals surface area contributed by atoms with E-state index in [-0.39, 0.29) is 0 Å². The normalized spacial score (nSPS) is 15.9. The summed E-state index contributed by atoms with van der Waals surface area (Å²) >= 11 is 13.7. The molecule has 0 fully saturated rings. The average molecular weight is 260 g/mol. The largest absolute Gasteiger partial charge is 0.411 e. The minimum absolute atomic E-state index is 0.601. The van der Waals surface area contributed by atoms with Crippen LogP contribution in [0.25, 0.3) is 5.03 Å². The second kappa shape index (κ2) is 4.47. The molecule has 0 atom stereocenters. The first-order valence-electron chi connectivity index (χ1n) is 4.21. The van der Waals surface area contributed by atoms with Crippen LogP contribution in [0.2, 0.25) is 5.02 Å². The molecule has 0 saturated heterocycles. The predicted octanol–water partition coefficient (Wildman–Crippen LogP) is 3.86. The molecule has 1 aromatic rings. The molecule has 1 aliphatic heterocycles. The van der Waals surface area contributed by atoms with Crippen LogP contribution < -0.4 is 0 Å². The second-order valence-electron chi connectivity index (χ2n) is 3.01. The lowest BCUT2D eigenvalue weighted by Crippen LogP contribution is -2.00. The molecular weight excluding hydrogens is 253 g/mol. The van der Waals surface area contributed by atoms with Crippen LogP contribution in [0.5, 0.6) is 0 Å². The van der Waals surface area contributed by atoms with Crippen molar-refractivity contribution in [2.75, 3.05) is 5.75 Å². The van der Waals surface area contributed by atoms with E-state index in [1.165, 1.54) is 6.21 Å². The van der Waals surface area contributed by atoms with E-state index in [0.29, 0.717) is 15.8 Å². The fourth-order valence-electron chi connectivity index (χ4n) is 1.36. The number of rotatable bonds is 1. The smallest absolute Gasteiger partial charge is 0.0717 e. The third-order valence-corrected chi connectivity index (χ3v) is 3.86. The highest BCUT2D eigenvalue weighted by Crippen LogP contribution is 2.39. The van der Waals surface area contributed by atoms with Gasteiger partial charge in [-0.3, -0.25) is 0 Å². The first-order chi connectivity index (χ1) is 7.22. The van der Waals surface area contributed by atoms with Gasteiger partial charge in [-0.2, -0.15) is 0 Å². The molecule has 0 aliphatic carbocycles. The Labute approximate surface area is 102 Å².